The summed E-state index contributed by atoms with van der Waals surface area (Å²) < 4.78 is 5.06. The number of furan rings is 1. The average molecular weight is 190 g/mol. The number of aromatic nitrogens is 1. The number of aldehydes is 1. The highest BCUT2D eigenvalue weighted by Crippen LogP contribution is 2.19. The van der Waals surface area contributed by atoms with Crippen LogP contribution in [0.4, 0.5) is 5.69 Å². The molecule has 0 aliphatic rings. The number of anilines is 1. The maximum atomic E-state index is 10.4. The first-order valence-corrected chi connectivity index (χ1v) is 3.88. The molecule has 0 aliphatic heterocycles. The zero-order valence-electron chi connectivity index (χ0n) is 7.06. The van der Waals surface area contributed by atoms with Crippen LogP contribution in [0.1, 0.15) is 10.6 Å². The van der Waals surface area contributed by atoms with E-state index in [1.54, 1.807) is 12.1 Å². The molecule has 1 amide bonds. The van der Waals surface area contributed by atoms with Gasteiger partial charge in [0.05, 0.1) is 11.9 Å². The summed E-state index contributed by atoms with van der Waals surface area (Å²) in [6.07, 6.45) is 2.62. The van der Waals surface area contributed by atoms with Crippen LogP contribution in [0.15, 0.2) is 22.7 Å². The molecule has 1 N–H and O–H groups in total. The number of amides is 1. The molecule has 0 fully saturated rings. The first-order chi connectivity index (χ1) is 6.83. The molecule has 70 valence electrons. The third-order valence-corrected chi connectivity index (χ3v) is 1.73. The number of hydrogen-bond acceptors (Lipinski definition) is 4. The molecule has 0 saturated heterocycles. The predicted molar refractivity (Wildman–Crippen MR) is 49.1 cm³/mol. The van der Waals surface area contributed by atoms with Gasteiger partial charge < -0.3 is 9.73 Å². The molecular formula is C9H6N2O3. The molecule has 0 unspecified atom stereocenters. The third kappa shape index (κ3) is 1.35. The summed E-state index contributed by atoms with van der Waals surface area (Å²) in [4.78, 5) is 24.5. The fourth-order valence-corrected chi connectivity index (χ4v) is 1.16. The molecule has 2 heterocycles. The van der Waals surface area contributed by atoms with Crippen molar-refractivity contribution in [1.29, 1.82) is 0 Å². The van der Waals surface area contributed by atoms with Crippen LogP contribution in [0.2, 0.25) is 0 Å². The largest absolute Gasteiger partial charge is 0.435 e. The second-order valence-electron chi connectivity index (χ2n) is 2.65. The molecule has 0 aromatic carbocycles. The van der Waals surface area contributed by atoms with Crippen LogP contribution in [0, 0.1) is 0 Å². The van der Waals surface area contributed by atoms with Crippen LogP contribution >= 0.6 is 0 Å². The molecule has 0 radical (unpaired) electrons. The molecule has 0 spiro atoms. The zero-order chi connectivity index (χ0) is 9.97. The SMILES string of the molecule is O=CNc1cnc2oc(C=O)cc2c1. The van der Waals surface area contributed by atoms with Crippen molar-refractivity contribution < 1.29 is 14.0 Å². The topological polar surface area (TPSA) is 72.2 Å². The van der Waals surface area contributed by atoms with Crippen molar-refractivity contribution in [3.05, 3.63) is 24.1 Å². The van der Waals surface area contributed by atoms with Gasteiger partial charge in [-0.25, -0.2) is 4.98 Å². The lowest BCUT2D eigenvalue weighted by Crippen LogP contribution is -1.93. The number of nitrogens with one attached hydrogen (secondary N) is 1. The zero-order valence-corrected chi connectivity index (χ0v) is 7.06. The van der Waals surface area contributed by atoms with E-state index < -0.39 is 0 Å². The van der Waals surface area contributed by atoms with Gasteiger partial charge in [-0.05, 0) is 12.1 Å². The van der Waals surface area contributed by atoms with E-state index in [-0.39, 0.29) is 5.76 Å². The van der Waals surface area contributed by atoms with Gasteiger partial charge in [-0.3, -0.25) is 9.59 Å². The lowest BCUT2D eigenvalue weighted by Gasteiger charge is -1.95. The summed E-state index contributed by atoms with van der Waals surface area (Å²) in [6.45, 7) is 0. The fraction of sp³-hybridized carbons (Fsp3) is 0. The summed E-state index contributed by atoms with van der Waals surface area (Å²) in [6, 6.07) is 3.23. The minimum absolute atomic E-state index is 0.218. The number of rotatable bonds is 3. The first kappa shape index (κ1) is 8.43. The minimum Gasteiger partial charge on any atom is -0.435 e. The van der Waals surface area contributed by atoms with Gasteiger partial charge in [-0.1, -0.05) is 0 Å². The van der Waals surface area contributed by atoms with Crippen molar-refractivity contribution in [3.63, 3.8) is 0 Å². The van der Waals surface area contributed by atoms with Crippen LogP contribution in [0.25, 0.3) is 11.1 Å². The summed E-state index contributed by atoms with van der Waals surface area (Å²) in [7, 11) is 0. The molecule has 2 aromatic rings. The molecule has 0 saturated carbocycles. The van der Waals surface area contributed by atoms with E-state index in [0.29, 0.717) is 29.5 Å². The lowest BCUT2D eigenvalue weighted by atomic mass is 10.3. The Kier molecular flexibility index (Phi) is 1.98. The Labute approximate surface area is 78.7 Å². The highest BCUT2D eigenvalue weighted by atomic mass is 16.3. The smallest absolute Gasteiger partial charge is 0.226 e. The van der Waals surface area contributed by atoms with Crippen molar-refractivity contribution >= 4 is 29.5 Å². The van der Waals surface area contributed by atoms with Crippen LogP contribution in [-0.4, -0.2) is 17.7 Å². The molecule has 0 atom stereocenters. The summed E-state index contributed by atoms with van der Waals surface area (Å²) in [5.41, 5.74) is 0.939. The van der Waals surface area contributed by atoms with Crippen molar-refractivity contribution in [2.75, 3.05) is 5.32 Å². The third-order valence-electron chi connectivity index (χ3n) is 1.73. The number of carbonyl (C=O) groups excluding carboxylic acids is 2. The molecule has 5 heteroatoms. The van der Waals surface area contributed by atoms with Gasteiger partial charge in [0.25, 0.3) is 0 Å². The maximum Gasteiger partial charge on any atom is 0.226 e. The first-order valence-electron chi connectivity index (χ1n) is 3.88. The number of fused-ring (bicyclic) bond motifs is 1. The number of hydrogen-bond donors (Lipinski definition) is 1. The molecule has 14 heavy (non-hydrogen) atoms. The monoisotopic (exact) mass is 190 g/mol. The molecular weight excluding hydrogens is 184 g/mol. The highest BCUT2D eigenvalue weighted by Gasteiger charge is 2.04. The maximum absolute atomic E-state index is 10.4. The van der Waals surface area contributed by atoms with Gasteiger partial charge in [-0.2, -0.15) is 0 Å². The van der Waals surface area contributed by atoms with Crippen molar-refractivity contribution in [1.82, 2.24) is 4.98 Å². The normalized spacial score (nSPS) is 10.0. The van der Waals surface area contributed by atoms with Gasteiger partial charge in [0, 0.05) is 5.39 Å². The number of pyridine rings is 1. The van der Waals surface area contributed by atoms with E-state index >= 15 is 0 Å². The van der Waals surface area contributed by atoms with E-state index in [1.165, 1.54) is 6.20 Å². The van der Waals surface area contributed by atoms with Gasteiger partial charge in [0.2, 0.25) is 12.1 Å². The quantitative estimate of drug-likeness (QED) is 0.738. The standard InChI is InChI=1S/C9H6N2O3/c12-4-8-2-6-1-7(11-5-13)3-10-9(6)14-8/h1-5H,(H,11,13). The van der Waals surface area contributed by atoms with E-state index in [0.717, 1.165) is 0 Å². The van der Waals surface area contributed by atoms with Crippen LogP contribution in [-0.2, 0) is 4.79 Å². The lowest BCUT2D eigenvalue weighted by molar-refractivity contribution is -0.105. The Morgan fingerprint density at radius 1 is 1.36 bits per heavy atom. The van der Waals surface area contributed by atoms with Crippen LogP contribution in [0.5, 0.6) is 0 Å². The molecule has 2 rings (SSSR count). The van der Waals surface area contributed by atoms with Gasteiger partial charge in [0.15, 0.2) is 12.0 Å². The fourth-order valence-electron chi connectivity index (χ4n) is 1.16. The molecule has 0 aliphatic carbocycles. The van der Waals surface area contributed by atoms with E-state index in [2.05, 4.69) is 10.3 Å². The van der Waals surface area contributed by atoms with Crippen molar-refractivity contribution in [2.45, 2.75) is 0 Å². The summed E-state index contributed by atoms with van der Waals surface area (Å²) >= 11 is 0. The predicted octanol–water partition coefficient (Wildman–Crippen LogP) is 1.21. The average Bonchev–Trinajstić information content (AvgIpc) is 2.60. The number of nitrogens with zero attached hydrogens (tertiary/aromatic N) is 1. The Balaban J connectivity index is 2.53. The summed E-state index contributed by atoms with van der Waals surface area (Å²) in [5, 5.41) is 3.13. The molecule has 0 bridgehead atoms. The Hall–Kier alpha value is -2.17. The van der Waals surface area contributed by atoms with Gasteiger partial charge in [0.1, 0.15) is 0 Å². The highest BCUT2D eigenvalue weighted by molar-refractivity contribution is 5.86. The second kappa shape index (κ2) is 3.29. The molecule has 2 aromatic heterocycles. The van der Waals surface area contributed by atoms with Crippen molar-refractivity contribution in [3.8, 4) is 0 Å². The van der Waals surface area contributed by atoms with Crippen molar-refractivity contribution in [2.24, 2.45) is 0 Å². The van der Waals surface area contributed by atoms with E-state index in [4.69, 9.17) is 4.42 Å². The van der Waals surface area contributed by atoms with Crippen LogP contribution in [0.3, 0.4) is 0 Å². The molecule has 5 nitrogen and oxygen atoms in total. The second-order valence-corrected chi connectivity index (χ2v) is 2.65. The Bertz CT molecular complexity index is 490. The van der Waals surface area contributed by atoms with Gasteiger partial charge >= 0.3 is 0 Å². The Morgan fingerprint density at radius 3 is 2.93 bits per heavy atom. The minimum atomic E-state index is 0.218. The van der Waals surface area contributed by atoms with E-state index in [1.807, 2.05) is 0 Å². The van der Waals surface area contributed by atoms with E-state index in [9.17, 15) is 9.59 Å². The van der Waals surface area contributed by atoms with Gasteiger partial charge in [-0.15, -0.1) is 0 Å². The number of carbonyl (C=O) groups is 2. The summed E-state index contributed by atoms with van der Waals surface area (Å²) in [5.74, 6) is 0.218. The van der Waals surface area contributed by atoms with Crippen LogP contribution < -0.4 is 5.32 Å². The Morgan fingerprint density at radius 2 is 2.21 bits per heavy atom.